The van der Waals surface area contributed by atoms with Gasteiger partial charge < -0.3 is 9.84 Å². The molecule has 0 saturated heterocycles. The lowest BCUT2D eigenvalue weighted by Crippen LogP contribution is -2.27. The van der Waals surface area contributed by atoms with Gasteiger partial charge in [0, 0.05) is 5.69 Å². The van der Waals surface area contributed by atoms with Gasteiger partial charge in [0.05, 0.1) is 6.10 Å². The number of anilines is 1. The van der Waals surface area contributed by atoms with E-state index < -0.39 is 11.7 Å². The first kappa shape index (κ1) is 13.9. The van der Waals surface area contributed by atoms with Crippen LogP contribution in [-0.2, 0) is 11.2 Å². The smallest absolute Gasteiger partial charge is 0.412 e. The number of aryl methyl sites for hydroxylation is 1. The van der Waals surface area contributed by atoms with Gasteiger partial charge in [-0.1, -0.05) is 6.07 Å². The van der Waals surface area contributed by atoms with Crippen LogP contribution in [0.1, 0.15) is 50.8 Å². The van der Waals surface area contributed by atoms with E-state index in [4.69, 9.17) is 4.74 Å². The molecule has 1 aliphatic rings. The van der Waals surface area contributed by atoms with Crippen LogP contribution >= 0.6 is 0 Å². The van der Waals surface area contributed by atoms with Crippen molar-refractivity contribution in [2.75, 3.05) is 5.32 Å². The zero-order chi connectivity index (χ0) is 14.0. The Kier molecular flexibility index (Phi) is 3.80. The molecule has 0 heterocycles. The molecular weight excluding hydrogens is 242 g/mol. The highest BCUT2D eigenvalue weighted by Gasteiger charge is 2.19. The molecule has 104 valence electrons. The maximum Gasteiger partial charge on any atom is 0.412 e. The van der Waals surface area contributed by atoms with Gasteiger partial charge in [-0.25, -0.2) is 4.79 Å². The maximum atomic E-state index is 11.7. The molecule has 0 bridgehead atoms. The SMILES string of the molecule is CC(C)(C)OC(=O)Nc1ccc2c(c1)CCCC2O. The van der Waals surface area contributed by atoms with Crippen molar-refractivity contribution in [3.63, 3.8) is 0 Å². The Morgan fingerprint density at radius 2 is 2.16 bits per heavy atom. The molecule has 4 heteroatoms. The number of amides is 1. The lowest BCUT2D eigenvalue weighted by atomic mass is 9.89. The monoisotopic (exact) mass is 263 g/mol. The Morgan fingerprint density at radius 1 is 1.42 bits per heavy atom. The van der Waals surface area contributed by atoms with Crippen molar-refractivity contribution in [2.45, 2.75) is 51.7 Å². The molecule has 0 aromatic heterocycles. The normalized spacial score (nSPS) is 18.6. The fourth-order valence-corrected chi connectivity index (χ4v) is 2.29. The van der Waals surface area contributed by atoms with E-state index in [-0.39, 0.29) is 6.10 Å². The zero-order valence-corrected chi connectivity index (χ0v) is 11.7. The number of carbonyl (C=O) groups is 1. The van der Waals surface area contributed by atoms with E-state index in [1.54, 1.807) is 6.07 Å². The minimum atomic E-state index is -0.505. The molecule has 2 rings (SSSR count). The van der Waals surface area contributed by atoms with Gasteiger partial charge in [0.25, 0.3) is 0 Å². The highest BCUT2D eigenvalue weighted by atomic mass is 16.6. The maximum absolute atomic E-state index is 11.7. The van der Waals surface area contributed by atoms with Gasteiger partial charge in [-0.15, -0.1) is 0 Å². The van der Waals surface area contributed by atoms with Crippen LogP contribution in [0.4, 0.5) is 10.5 Å². The molecule has 0 aliphatic heterocycles. The van der Waals surface area contributed by atoms with Crippen molar-refractivity contribution in [3.8, 4) is 0 Å². The van der Waals surface area contributed by atoms with Crippen molar-refractivity contribution in [1.82, 2.24) is 0 Å². The van der Waals surface area contributed by atoms with Crippen molar-refractivity contribution in [1.29, 1.82) is 0 Å². The van der Waals surface area contributed by atoms with Crippen molar-refractivity contribution in [3.05, 3.63) is 29.3 Å². The summed E-state index contributed by atoms with van der Waals surface area (Å²) in [5.74, 6) is 0. The Hall–Kier alpha value is -1.55. The van der Waals surface area contributed by atoms with Crippen LogP contribution in [-0.4, -0.2) is 16.8 Å². The van der Waals surface area contributed by atoms with Gasteiger partial charge >= 0.3 is 6.09 Å². The second kappa shape index (κ2) is 5.21. The fraction of sp³-hybridized carbons (Fsp3) is 0.533. The zero-order valence-electron chi connectivity index (χ0n) is 11.7. The third kappa shape index (κ3) is 3.70. The van der Waals surface area contributed by atoms with Crippen molar-refractivity contribution in [2.24, 2.45) is 0 Å². The summed E-state index contributed by atoms with van der Waals surface area (Å²) in [5, 5.41) is 12.6. The average Bonchev–Trinajstić information content (AvgIpc) is 2.26. The van der Waals surface area contributed by atoms with Gasteiger partial charge in [0.1, 0.15) is 5.60 Å². The molecule has 0 saturated carbocycles. The summed E-state index contributed by atoms with van der Waals surface area (Å²) in [6.07, 6.45) is 1.90. The highest BCUT2D eigenvalue weighted by molar-refractivity contribution is 5.85. The Balaban J connectivity index is 2.08. The first-order chi connectivity index (χ1) is 8.85. The number of carbonyl (C=O) groups excluding carboxylic acids is 1. The summed E-state index contributed by atoms with van der Waals surface area (Å²) in [7, 11) is 0. The lowest BCUT2D eigenvalue weighted by molar-refractivity contribution is 0.0636. The molecule has 4 nitrogen and oxygen atoms in total. The molecule has 0 fully saturated rings. The number of ether oxygens (including phenoxy) is 1. The van der Waals surface area contributed by atoms with Crippen molar-refractivity contribution < 1.29 is 14.6 Å². The number of hydrogen-bond donors (Lipinski definition) is 2. The van der Waals surface area contributed by atoms with Gasteiger partial charge in [-0.3, -0.25) is 5.32 Å². The van der Waals surface area contributed by atoms with Crippen LogP contribution in [0.5, 0.6) is 0 Å². The number of aliphatic hydroxyl groups excluding tert-OH is 1. The third-order valence-corrected chi connectivity index (χ3v) is 3.07. The summed E-state index contributed by atoms with van der Waals surface area (Å²) in [5.41, 5.74) is 2.28. The molecule has 1 unspecified atom stereocenters. The molecule has 19 heavy (non-hydrogen) atoms. The molecule has 1 aliphatic carbocycles. The first-order valence-corrected chi connectivity index (χ1v) is 6.66. The number of hydrogen-bond acceptors (Lipinski definition) is 3. The quantitative estimate of drug-likeness (QED) is 0.816. The molecule has 0 radical (unpaired) electrons. The molecule has 1 amide bonds. The molecule has 0 spiro atoms. The third-order valence-electron chi connectivity index (χ3n) is 3.07. The standard InChI is InChI=1S/C15H21NO3/c1-15(2,3)19-14(18)16-11-7-8-12-10(9-11)5-4-6-13(12)17/h7-9,13,17H,4-6H2,1-3H3,(H,16,18). The predicted octanol–water partition coefficient (Wildman–Crippen LogP) is 3.40. The lowest BCUT2D eigenvalue weighted by Gasteiger charge is -2.23. The largest absolute Gasteiger partial charge is 0.444 e. The topological polar surface area (TPSA) is 58.6 Å². The average molecular weight is 263 g/mol. The predicted molar refractivity (Wildman–Crippen MR) is 74.2 cm³/mol. The van der Waals surface area contributed by atoms with E-state index in [1.165, 1.54) is 0 Å². The number of fused-ring (bicyclic) bond motifs is 1. The number of benzene rings is 1. The number of rotatable bonds is 1. The van der Waals surface area contributed by atoms with Gasteiger partial charge in [-0.2, -0.15) is 0 Å². The molecule has 1 aromatic carbocycles. The summed E-state index contributed by atoms with van der Waals surface area (Å²) in [6, 6.07) is 5.60. The highest BCUT2D eigenvalue weighted by Crippen LogP contribution is 2.31. The number of aliphatic hydroxyl groups is 1. The van der Waals surface area contributed by atoms with Crippen LogP contribution in [0.3, 0.4) is 0 Å². The Morgan fingerprint density at radius 3 is 2.84 bits per heavy atom. The van der Waals surface area contributed by atoms with Crippen LogP contribution in [0.15, 0.2) is 18.2 Å². The van der Waals surface area contributed by atoms with Gasteiger partial charge in [-0.05, 0) is 63.3 Å². The van der Waals surface area contributed by atoms with E-state index in [9.17, 15) is 9.90 Å². The summed E-state index contributed by atoms with van der Waals surface area (Å²) in [6.45, 7) is 5.49. The van der Waals surface area contributed by atoms with Crippen LogP contribution < -0.4 is 5.32 Å². The molecular formula is C15H21NO3. The minimum Gasteiger partial charge on any atom is -0.444 e. The molecule has 1 aromatic rings. The van der Waals surface area contributed by atoms with Gasteiger partial charge in [0.2, 0.25) is 0 Å². The van der Waals surface area contributed by atoms with E-state index in [1.807, 2.05) is 32.9 Å². The van der Waals surface area contributed by atoms with Crippen LogP contribution in [0.25, 0.3) is 0 Å². The van der Waals surface area contributed by atoms with E-state index in [0.717, 1.165) is 30.4 Å². The van der Waals surface area contributed by atoms with Crippen LogP contribution in [0, 0.1) is 0 Å². The summed E-state index contributed by atoms with van der Waals surface area (Å²) < 4.78 is 5.21. The van der Waals surface area contributed by atoms with Gasteiger partial charge in [0.15, 0.2) is 0 Å². The second-order valence-electron chi connectivity index (χ2n) is 5.95. The first-order valence-electron chi connectivity index (χ1n) is 6.66. The minimum absolute atomic E-state index is 0.376. The summed E-state index contributed by atoms with van der Waals surface area (Å²) in [4.78, 5) is 11.7. The second-order valence-corrected chi connectivity index (χ2v) is 5.95. The number of nitrogens with one attached hydrogen (secondary N) is 1. The Bertz CT molecular complexity index is 477. The van der Waals surface area contributed by atoms with Crippen molar-refractivity contribution >= 4 is 11.8 Å². The van der Waals surface area contributed by atoms with E-state index in [2.05, 4.69) is 5.32 Å². The molecule has 2 N–H and O–H groups in total. The van der Waals surface area contributed by atoms with Crippen LogP contribution in [0.2, 0.25) is 0 Å². The fourth-order valence-electron chi connectivity index (χ4n) is 2.29. The molecule has 1 atom stereocenters. The summed E-state index contributed by atoms with van der Waals surface area (Å²) >= 11 is 0. The Labute approximate surface area is 113 Å². The van der Waals surface area contributed by atoms with E-state index in [0.29, 0.717) is 5.69 Å². The van der Waals surface area contributed by atoms with E-state index >= 15 is 0 Å².